The van der Waals surface area contributed by atoms with Gasteiger partial charge in [0.25, 0.3) is 0 Å². The summed E-state index contributed by atoms with van der Waals surface area (Å²) in [6, 6.07) is 5.48. The Balaban J connectivity index is 1.78. The zero-order valence-corrected chi connectivity index (χ0v) is 14.1. The molecule has 122 valence electrons. The fourth-order valence-electron chi connectivity index (χ4n) is 3.72. The summed E-state index contributed by atoms with van der Waals surface area (Å²) in [5.74, 6) is 0.408. The highest BCUT2D eigenvalue weighted by molar-refractivity contribution is 7.89. The Morgan fingerprint density at radius 1 is 1.26 bits per heavy atom. The molecule has 0 saturated carbocycles. The molecular formula is C16H18ClN3O2S. The number of pyridine rings is 1. The Bertz CT molecular complexity index is 836. The van der Waals surface area contributed by atoms with Gasteiger partial charge in [-0.3, -0.25) is 4.98 Å². The van der Waals surface area contributed by atoms with Crippen LogP contribution in [0.15, 0.2) is 35.5 Å². The minimum Gasteiger partial charge on any atom is -0.312 e. The summed E-state index contributed by atoms with van der Waals surface area (Å²) < 4.78 is 27.9. The highest BCUT2D eigenvalue weighted by Crippen LogP contribution is 2.34. The monoisotopic (exact) mass is 351 g/mol. The first-order valence-corrected chi connectivity index (χ1v) is 9.65. The SMILES string of the molecule is O=S(=O)(c1cccc2cncc(Cl)c12)N1CC2CCCNC2C1. The van der Waals surface area contributed by atoms with E-state index >= 15 is 0 Å². The van der Waals surface area contributed by atoms with E-state index < -0.39 is 10.0 Å². The van der Waals surface area contributed by atoms with Gasteiger partial charge in [0.1, 0.15) is 0 Å². The molecular weight excluding hydrogens is 334 g/mol. The van der Waals surface area contributed by atoms with Crippen LogP contribution in [0.3, 0.4) is 0 Å². The van der Waals surface area contributed by atoms with Crippen molar-refractivity contribution >= 4 is 32.4 Å². The van der Waals surface area contributed by atoms with Gasteiger partial charge in [-0.25, -0.2) is 8.42 Å². The molecule has 2 unspecified atom stereocenters. The van der Waals surface area contributed by atoms with Gasteiger partial charge >= 0.3 is 0 Å². The van der Waals surface area contributed by atoms with Crippen LogP contribution in [0.2, 0.25) is 5.02 Å². The number of halogens is 1. The molecule has 4 rings (SSSR count). The van der Waals surface area contributed by atoms with Gasteiger partial charge in [-0.15, -0.1) is 0 Å². The van der Waals surface area contributed by atoms with Crippen LogP contribution in [0.4, 0.5) is 0 Å². The molecule has 1 N–H and O–H groups in total. The average molecular weight is 352 g/mol. The van der Waals surface area contributed by atoms with Crippen molar-refractivity contribution in [2.24, 2.45) is 5.92 Å². The third-order valence-electron chi connectivity index (χ3n) is 4.88. The van der Waals surface area contributed by atoms with Crippen LogP contribution >= 0.6 is 11.6 Å². The Morgan fingerprint density at radius 3 is 2.96 bits per heavy atom. The van der Waals surface area contributed by atoms with E-state index in [1.165, 1.54) is 6.20 Å². The third kappa shape index (κ3) is 2.54. The lowest BCUT2D eigenvalue weighted by Gasteiger charge is -2.24. The molecule has 0 bridgehead atoms. The molecule has 0 aliphatic carbocycles. The van der Waals surface area contributed by atoms with Crippen molar-refractivity contribution in [1.29, 1.82) is 0 Å². The molecule has 5 nitrogen and oxygen atoms in total. The summed E-state index contributed by atoms with van der Waals surface area (Å²) in [6.45, 7) is 2.09. The maximum absolute atomic E-state index is 13.2. The number of hydrogen-bond donors (Lipinski definition) is 1. The number of nitrogens with one attached hydrogen (secondary N) is 1. The number of hydrogen-bond acceptors (Lipinski definition) is 4. The second-order valence-electron chi connectivity index (χ2n) is 6.26. The van der Waals surface area contributed by atoms with Crippen molar-refractivity contribution in [2.45, 2.75) is 23.8 Å². The first kappa shape index (κ1) is 15.3. The van der Waals surface area contributed by atoms with E-state index in [2.05, 4.69) is 10.3 Å². The normalized spacial score (nSPS) is 25.6. The maximum atomic E-state index is 13.2. The van der Waals surface area contributed by atoms with E-state index in [0.29, 0.717) is 29.4 Å². The fraction of sp³-hybridized carbons (Fsp3) is 0.438. The average Bonchev–Trinajstić information content (AvgIpc) is 2.99. The van der Waals surface area contributed by atoms with Crippen LogP contribution in [0, 0.1) is 5.92 Å². The molecule has 0 amide bonds. The van der Waals surface area contributed by atoms with E-state index in [0.717, 1.165) is 24.8 Å². The molecule has 2 saturated heterocycles. The molecule has 0 spiro atoms. The van der Waals surface area contributed by atoms with E-state index in [1.54, 1.807) is 22.6 Å². The molecule has 2 aliphatic rings. The molecule has 3 heterocycles. The Labute approximate surface area is 140 Å². The second-order valence-corrected chi connectivity index (χ2v) is 8.57. The van der Waals surface area contributed by atoms with E-state index in [4.69, 9.17) is 11.6 Å². The molecule has 7 heteroatoms. The molecule has 23 heavy (non-hydrogen) atoms. The van der Waals surface area contributed by atoms with E-state index in [1.807, 2.05) is 6.07 Å². The minimum atomic E-state index is -3.56. The molecule has 2 aromatic rings. The number of nitrogens with zero attached hydrogens (tertiary/aromatic N) is 2. The van der Waals surface area contributed by atoms with Crippen molar-refractivity contribution in [2.75, 3.05) is 19.6 Å². The maximum Gasteiger partial charge on any atom is 0.243 e. The summed E-state index contributed by atoms with van der Waals surface area (Å²) in [4.78, 5) is 4.32. The Hall–Kier alpha value is -1.21. The van der Waals surface area contributed by atoms with E-state index in [9.17, 15) is 8.42 Å². The second kappa shape index (κ2) is 5.70. The molecule has 1 aromatic carbocycles. The van der Waals surface area contributed by atoms with Crippen molar-refractivity contribution in [1.82, 2.24) is 14.6 Å². The lowest BCUT2D eigenvalue weighted by Crippen LogP contribution is -2.41. The van der Waals surface area contributed by atoms with Gasteiger partial charge in [-0.05, 0) is 31.4 Å². The number of piperidine rings is 1. The van der Waals surface area contributed by atoms with Gasteiger partial charge in [-0.2, -0.15) is 4.31 Å². The van der Waals surface area contributed by atoms with Crippen LogP contribution in [0.1, 0.15) is 12.8 Å². The summed E-state index contributed by atoms with van der Waals surface area (Å²) in [5.41, 5.74) is 0. The van der Waals surface area contributed by atoms with Crippen molar-refractivity contribution < 1.29 is 8.42 Å². The van der Waals surface area contributed by atoms with Crippen molar-refractivity contribution in [3.05, 3.63) is 35.6 Å². The van der Waals surface area contributed by atoms with Gasteiger partial charge in [0.15, 0.2) is 0 Å². The first-order valence-electron chi connectivity index (χ1n) is 7.83. The number of benzene rings is 1. The third-order valence-corrected chi connectivity index (χ3v) is 7.04. The van der Waals surface area contributed by atoms with Gasteiger partial charge in [-0.1, -0.05) is 23.7 Å². The number of sulfonamides is 1. The number of fused-ring (bicyclic) bond motifs is 2. The van der Waals surface area contributed by atoms with Gasteiger partial charge < -0.3 is 5.32 Å². The summed E-state index contributed by atoms with van der Waals surface area (Å²) >= 11 is 6.24. The number of aromatic nitrogens is 1. The Morgan fingerprint density at radius 2 is 2.13 bits per heavy atom. The predicted molar refractivity (Wildman–Crippen MR) is 90.0 cm³/mol. The highest BCUT2D eigenvalue weighted by atomic mass is 35.5. The molecule has 2 atom stereocenters. The van der Waals surface area contributed by atoms with Crippen molar-refractivity contribution in [3.63, 3.8) is 0 Å². The minimum absolute atomic E-state index is 0.269. The lowest BCUT2D eigenvalue weighted by atomic mass is 9.94. The van der Waals surface area contributed by atoms with Gasteiger partial charge in [0.05, 0.1) is 9.92 Å². The molecule has 2 aliphatic heterocycles. The van der Waals surface area contributed by atoms with Crippen molar-refractivity contribution in [3.8, 4) is 0 Å². The molecule has 0 radical (unpaired) electrons. The van der Waals surface area contributed by atoms with Crippen LogP contribution in [-0.2, 0) is 10.0 Å². The smallest absolute Gasteiger partial charge is 0.243 e. The highest BCUT2D eigenvalue weighted by Gasteiger charge is 2.40. The molecule has 2 fully saturated rings. The topological polar surface area (TPSA) is 62.3 Å². The number of rotatable bonds is 2. The Kier molecular flexibility index (Phi) is 3.80. The van der Waals surface area contributed by atoms with Gasteiger partial charge in [0, 0.05) is 42.3 Å². The standard InChI is InChI=1S/C16H18ClN3O2S/c17-13-8-18-7-11-3-1-5-15(16(11)13)23(21,22)20-9-12-4-2-6-19-14(12)10-20/h1,3,5,7-8,12,14,19H,2,4,6,9-10H2. The van der Waals surface area contributed by atoms with Crippen LogP contribution < -0.4 is 5.32 Å². The van der Waals surface area contributed by atoms with Crippen LogP contribution in [0.25, 0.3) is 10.8 Å². The lowest BCUT2D eigenvalue weighted by molar-refractivity contribution is 0.339. The zero-order valence-electron chi connectivity index (χ0n) is 12.6. The first-order chi connectivity index (χ1) is 11.1. The fourth-order valence-corrected chi connectivity index (χ4v) is 5.80. The van der Waals surface area contributed by atoms with Gasteiger partial charge in [0.2, 0.25) is 10.0 Å². The predicted octanol–water partition coefficient (Wildman–Crippen LogP) is 2.26. The van der Waals surface area contributed by atoms with Crippen LogP contribution in [0.5, 0.6) is 0 Å². The largest absolute Gasteiger partial charge is 0.312 e. The molecule has 1 aromatic heterocycles. The summed E-state index contributed by atoms with van der Waals surface area (Å²) in [6.07, 6.45) is 5.34. The van der Waals surface area contributed by atoms with E-state index in [-0.39, 0.29) is 10.9 Å². The summed E-state index contributed by atoms with van der Waals surface area (Å²) in [5, 5.41) is 5.12. The quantitative estimate of drug-likeness (QED) is 0.901. The zero-order chi connectivity index (χ0) is 16.0. The summed E-state index contributed by atoms with van der Waals surface area (Å²) in [7, 11) is -3.56. The van der Waals surface area contributed by atoms with Crippen LogP contribution in [-0.4, -0.2) is 43.4 Å².